The van der Waals surface area contributed by atoms with Crippen molar-refractivity contribution in [2.24, 2.45) is 0 Å². The number of nitrogens with zero attached hydrogens (tertiary/aromatic N) is 7. The van der Waals surface area contributed by atoms with E-state index in [0.29, 0.717) is 30.0 Å². The molecule has 0 spiro atoms. The van der Waals surface area contributed by atoms with E-state index < -0.39 is 11.9 Å². The van der Waals surface area contributed by atoms with Gasteiger partial charge in [0.2, 0.25) is 0 Å². The van der Waals surface area contributed by atoms with Gasteiger partial charge in [-0.15, -0.1) is 119 Å². The third-order valence-corrected chi connectivity index (χ3v) is 20.1. The second-order valence-corrected chi connectivity index (χ2v) is 30.0. The molecule has 638 valence electrons. The second-order valence-electron chi connectivity index (χ2n) is 30.0. The molecular formula is C99H83F5Ir4N7O8-5. The molecule has 15 aromatic rings. The predicted octanol–water partition coefficient (Wildman–Crippen LogP) is 23.1. The smallest absolute Gasteiger partial charge is 0.431 e. The summed E-state index contributed by atoms with van der Waals surface area (Å²) in [5, 5.41) is 42.0. The zero-order chi connectivity index (χ0) is 85.3. The number of aromatic nitrogens is 7. The van der Waals surface area contributed by atoms with Gasteiger partial charge in [-0.3, -0.25) is 24.4 Å². The summed E-state index contributed by atoms with van der Waals surface area (Å²) >= 11 is 0. The Bertz CT molecular complexity index is 6230. The van der Waals surface area contributed by atoms with E-state index in [1.54, 1.807) is 42.7 Å². The van der Waals surface area contributed by atoms with Gasteiger partial charge in [0.25, 0.3) is 0 Å². The molecule has 3 aliphatic carbocycles. The van der Waals surface area contributed by atoms with Crippen LogP contribution in [0.5, 0.6) is 11.5 Å². The number of alkyl halides is 3. The molecule has 7 heterocycles. The van der Waals surface area contributed by atoms with Crippen molar-refractivity contribution in [1.29, 1.82) is 0 Å². The molecule has 0 saturated heterocycles. The zero-order valence-electron chi connectivity index (χ0n) is 68.7. The number of fused-ring (bicyclic) bond motifs is 11. The van der Waals surface area contributed by atoms with Crippen molar-refractivity contribution >= 4 is 71.3 Å². The Kier molecular flexibility index (Phi) is 33.0. The summed E-state index contributed by atoms with van der Waals surface area (Å²) in [6.45, 7) is 22.5. The fourth-order valence-corrected chi connectivity index (χ4v) is 15.2. The first kappa shape index (κ1) is 97.2. The molecule has 0 saturated carbocycles. The van der Waals surface area contributed by atoms with Crippen molar-refractivity contribution in [3.05, 3.63) is 335 Å². The Balaban J connectivity index is 0.000000180. The van der Waals surface area contributed by atoms with Gasteiger partial charge in [0, 0.05) is 146 Å². The van der Waals surface area contributed by atoms with Crippen LogP contribution in [-0.4, -0.2) is 75.9 Å². The molecule has 19 rings (SSSR count). The van der Waals surface area contributed by atoms with E-state index in [0.717, 1.165) is 112 Å². The van der Waals surface area contributed by atoms with Crippen molar-refractivity contribution in [2.75, 3.05) is 13.2 Å². The molecule has 6 aromatic heterocycles. The molecule has 1 aliphatic heterocycles. The number of rotatable bonds is 5. The van der Waals surface area contributed by atoms with Crippen molar-refractivity contribution in [2.45, 2.75) is 106 Å². The van der Waals surface area contributed by atoms with E-state index >= 15 is 0 Å². The Morgan fingerprint density at radius 1 is 0.439 bits per heavy atom. The first-order chi connectivity index (χ1) is 56.8. The van der Waals surface area contributed by atoms with Gasteiger partial charge in [-0.05, 0) is 189 Å². The third kappa shape index (κ3) is 21.7. The summed E-state index contributed by atoms with van der Waals surface area (Å²) in [7, 11) is 0. The summed E-state index contributed by atoms with van der Waals surface area (Å²) in [6, 6.07) is 76.4. The van der Waals surface area contributed by atoms with E-state index in [2.05, 4.69) is 181 Å². The van der Waals surface area contributed by atoms with Gasteiger partial charge in [-0.25, -0.2) is 8.78 Å². The van der Waals surface area contributed by atoms with Gasteiger partial charge in [0.1, 0.15) is 18.9 Å². The Morgan fingerprint density at radius 3 is 1.39 bits per heavy atom. The first-order valence-corrected chi connectivity index (χ1v) is 38.1. The maximum Gasteiger partial charge on any atom is 0.431 e. The number of carbonyl (C=O) groups excluding carboxylic acids is 3. The van der Waals surface area contributed by atoms with E-state index in [9.17, 15) is 36.3 Å². The number of benzene rings is 9. The van der Waals surface area contributed by atoms with Crippen molar-refractivity contribution in [1.82, 2.24) is 35.1 Å². The molecule has 3 N–H and O–H groups in total. The van der Waals surface area contributed by atoms with Crippen LogP contribution in [-0.2, 0) is 117 Å². The van der Waals surface area contributed by atoms with Crippen LogP contribution in [0.25, 0.3) is 110 Å². The van der Waals surface area contributed by atoms with E-state index in [4.69, 9.17) is 29.8 Å². The maximum absolute atomic E-state index is 14.4. The number of pyridine rings is 5. The average molecular weight is 2360 g/mol. The van der Waals surface area contributed by atoms with E-state index in [1.165, 1.54) is 105 Å². The molecule has 4 radical (unpaired) electrons. The number of aliphatic hydroxyl groups excluding tert-OH is 3. The Morgan fingerprint density at radius 2 is 0.902 bits per heavy atom. The van der Waals surface area contributed by atoms with Gasteiger partial charge < -0.3 is 49.9 Å². The summed E-state index contributed by atoms with van der Waals surface area (Å²) in [4.78, 5) is 52.4. The van der Waals surface area contributed by atoms with Crippen molar-refractivity contribution in [3.8, 4) is 67.9 Å². The van der Waals surface area contributed by atoms with Crippen molar-refractivity contribution in [3.63, 3.8) is 0 Å². The quantitative estimate of drug-likeness (QED) is 0.0479. The minimum absolute atomic E-state index is 0. The number of hydrogen-bond acceptors (Lipinski definition) is 14. The Labute approximate surface area is 763 Å². The number of ketones is 3. The molecule has 24 heteroatoms. The zero-order valence-corrected chi connectivity index (χ0v) is 78.3. The number of ether oxygens (including phenoxy) is 2. The molecule has 123 heavy (non-hydrogen) atoms. The fourth-order valence-electron chi connectivity index (χ4n) is 15.2. The monoisotopic (exact) mass is 2360 g/mol. The van der Waals surface area contributed by atoms with E-state index in [-0.39, 0.29) is 149 Å². The molecule has 0 fully saturated rings. The van der Waals surface area contributed by atoms with Gasteiger partial charge in [-0.2, -0.15) is 13.2 Å². The van der Waals surface area contributed by atoms with Gasteiger partial charge >= 0.3 is 6.18 Å². The molecule has 9 aromatic carbocycles. The maximum atomic E-state index is 14.4. The topological polar surface area (TPSA) is 222 Å². The van der Waals surface area contributed by atoms with Crippen LogP contribution in [0, 0.1) is 35.9 Å². The number of para-hydroxylation sites is 1. The molecule has 0 bridgehead atoms. The number of carbonyl (C=O) groups is 3. The minimum atomic E-state index is -4.46. The summed E-state index contributed by atoms with van der Waals surface area (Å²) in [5.74, 6) is 1.16. The fraction of sp³-hybridized carbons (Fsp3) is 0.182. The van der Waals surface area contributed by atoms with Gasteiger partial charge in [0.15, 0.2) is 28.8 Å². The summed E-state index contributed by atoms with van der Waals surface area (Å²) in [5.41, 5.74) is 13.0. The molecule has 15 nitrogen and oxygen atoms in total. The van der Waals surface area contributed by atoms with Gasteiger partial charge in [-0.1, -0.05) is 143 Å². The first-order valence-electron chi connectivity index (χ1n) is 38.1. The van der Waals surface area contributed by atoms with Gasteiger partial charge in [0.05, 0.1) is 22.8 Å². The number of aliphatic hydroxyl groups is 3. The molecule has 4 aliphatic rings. The standard InChI is InChI=1S/C20H16NO2.C19H12N.2C18H13FN.C9H5F3N3.3C5H8O2.4Ir/c1-20(2)14-6-4-3-5-13(14)18-16-12(7-8-21-18)11-15-19(17(16)20)23-10-9-22-15;1-2-8-14(9-3-1)19-17-12-5-4-10-15(17)16-11-6-7-13-18(16)20-19;2*1-18(2)13-7-3-5-11-9-10-20-17(15(11)13)12-6-4-8-14(19)16(12)18;10-9(11,12)8-5-7(14-15-8)6-3-1-2-4-13-6;3*1-4(6)3-5(2)7;;;;/h3-4,6-8,11H,9-10H2,1-2H3;1-8,10-13H;2*3-5,7-10H,1-2H3;1-5H;3*3,6H,1-2H3;;;;/q5*-1;;;;;;;. The summed E-state index contributed by atoms with van der Waals surface area (Å²) in [6.07, 6.45) is 5.95. The van der Waals surface area contributed by atoms with E-state index in [1.807, 2.05) is 72.9 Å². The molecule has 0 atom stereocenters. The molecule has 0 unspecified atom stereocenters. The Hall–Kier alpha value is -11.3. The molecule has 0 amide bonds. The van der Waals surface area contributed by atoms with Crippen LogP contribution in [0.2, 0.25) is 0 Å². The second kappa shape index (κ2) is 41.7. The normalized spacial score (nSPS) is 13.3. The number of allylic oxidation sites excluding steroid dienone is 6. The van der Waals surface area contributed by atoms with Crippen molar-refractivity contribution < 1.29 is 142 Å². The molecular weight excluding hydrogens is 2280 g/mol. The SMILES string of the molecule is CC(=O)C=C(C)O.CC(=O)C=C(C)O.CC(=O)C=C(C)O.CC1(C)c2c([c-]ccc2F)-c2nccc3cccc1c23.CC1(C)c2c([c-]ccc2F)-c2nccc3cccc1c23.CC1(C)c2ccc[c-]c2-c2nccc3cc4c(c1c23)OCCO4.FC(F)(F)c1cc(-c2ccccn2)[n-]n1.[Ir].[Ir].[Ir].[Ir].[c-]1ccccc1-c1nc2ccccc2c2ccccc12. The third-order valence-electron chi connectivity index (χ3n) is 20.1. The van der Waals surface area contributed by atoms with Crippen LogP contribution in [0.1, 0.15) is 122 Å². The minimum Gasteiger partial charge on any atom is -0.573 e. The van der Waals surface area contributed by atoms with Crippen LogP contribution in [0.4, 0.5) is 22.0 Å². The van der Waals surface area contributed by atoms with Crippen LogP contribution in [0.3, 0.4) is 0 Å². The summed E-state index contributed by atoms with van der Waals surface area (Å²) < 4.78 is 77.3. The number of hydrogen-bond donors (Lipinski definition) is 3. The van der Waals surface area contributed by atoms with Crippen LogP contribution in [0.15, 0.2) is 260 Å². The van der Waals surface area contributed by atoms with Crippen LogP contribution < -0.4 is 14.6 Å². The number of halogens is 5. The largest absolute Gasteiger partial charge is 0.573 e. The average Bonchev–Trinajstić information content (AvgIpc) is 0.931. The predicted molar refractivity (Wildman–Crippen MR) is 456 cm³/mol. The van der Waals surface area contributed by atoms with Crippen LogP contribution >= 0.6 is 0 Å².